The summed E-state index contributed by atoms with van der Waals surface area (Å²) in [5.41, 5.74) is 0.470. The first kappa shape index (κ1) is 38.3. The molecule has 276 valence electrons. The third-order valence-corrected chi connectivity index (χ3v) is 9.57. The largest absolute Gasteiger partial charge is 0.437 e. The number of tetrazole rings is 1. The van der Waals surface area contributed by atoms with Crippen LogP contribution >= 0.6 is 11.6 Å². The number of hydrogen-bond acceptors (Lipinski definition) is 13. The number of halogens is 1. The highest BCUT2D eigenvalue weighted by Gasteiger charge is 2.33. The average Bonchev–Trinajstić information content (AvgIpc) is 3.59. The minimum Gasteiger partial charge on any atom is -0.437 e. The van der Waals surface area contributed by atoms with E-state index in [9.17, 15) is 10.1 Å². The predicted molar refractivity (Wildman–Crippen MR) is 194 cm³/mol. The monoisotopic (exact) mass is 722 g/mol. The quantitative estimate of drug-likeness (QED) is 0.127. The van der Waals surface area contributed by atoms with E-state index >= 15 is 0 Å². The van der Waals surface area contributed by atoms with Gasteiger partial charge in [-0.25, -0.2) is 9.97 Å². The Morgan fingerprint density at radius 2 is 1.90 bits per heavy atom. The fourth-order valence-corrected chi connectivity index (χ4v) is 6.25. The van der Waals surface area contributed by atoms with E-state index in [2.05, 4.69) is 42.4 Å². The average molecular weight is 723 g/mol. The molecule has 2 fully saturated rings. The Bertz CT molecular complexity index is 1620. The number of esters is 1. The van der Waals surface area contributed by atoms with Gasteiger partial charge >= 0.3 is 5.97 Å². The van der Waals surface area contributed by atoms with E-state index in [0.717, 1.165) is 42.8 Å². The Morgan fingerprint density at radius 1 is 1.16 bits per heavy atom. The molecule has 0 radical (unpaired) electrons. The lowest BCUT2D eigenvalue weighted by Crippen LogP contribution is -2.38. The number of rotatable bonds is 15. The Balaban J connectivity index is 1.03. The number of nitrogens with zero attached hydrogens (tertiary/aromatic N) is 7. The van der Waals surface area contributed by atoms with Gasteiger partial charge in [-0.05, 0) is 82.7 Å². The maximum atomic E-state index is 12.4. The third-order valence-electron chi connectivity index (χ3n) is 9.27. The van der Waals surface area contributed by atoms with Gasteiger partial charge in [-0.1, -0.05) is 31.5 Å². The van der Waals surface area contributed by atoms with Crippen molar-refractivity contribution in [1.29, 1.82) is 5.26 Å². The molecule has 0 amide bonds. The van der Waals surface area contributed by atoms with Gasteiger partial charge in [0.15, 0.2) is 0 Å². The van der Waals surface area contributed by atoms with Crippen LogP contribution in [0.25, 0.3) is 11.3 Å². The number of ether oxygens (including phenoxy) is 3. The summed E-state index contributed by atoms with van der Waals surface area (Å²) in [6.07, 6.45) is 6.52. The normalized spacial score (nSPS) is 19.6. The molecule has 0 bridgehead atoms. The second kappa shape index (κ2) is 17.5. The summed E-state index contributed by atoms with van der Waals surface area (Å²) in [6.45, 7) is 12.5. The van der Waals surface area contributed by atoms with E-state index < -0.39 is 17.1 Å². The molecule has 0 aromatic carbocycles. The molecule has 51 heavy (non-hydrogen) atoms. The molecule has 3 aromatic rings. The van der Waals surface area contributed by atoms with Crippen LogP contribution in [0, 0.1) is 28.1 Å². The fraction of sp³-hybridized carbons (Fsp3) is 0.639. The van der Waals surface area contributed by atoms with Gasteiger partial charge < -0.3 is 30.2 Å². The Labute approximate surface area is 305 Å². The number of pyridine rings is 2. The van der Waals surface area contributed by atoms with Gasteiger partial charge in [0.2, 0.25) is 12.1 Å². The zero-order valence-electron chi connectivity index (χ0n) is 30.3. The molecule has 0 spiro atoms. The molecule has 14 nitrogen and oxygen atoms in total. The van der Waals surface area contributed by atoms with Crippen molar-refractivity contribution in [3.63, 3.8) is 0 Å². The zero-order chi connectivity index (χ0) is 36.4. The van der Waals surface area contributed by atoms with E-state index in [-0.39, 0.29) is 18.5 Å². The molecular weight excluding hydrogens is 672 g/mol. The van der Waals surface area contributed by atoms with Crippen LogP contribution in [0.2, 0.25) is 5.02 Å². The fourth-order valence-electron chi connectivity index (χ4n) is 6.05. The first-order chi connectivity index (χ1) is 24.4. The first-order valence-electron chi connectivity index (χ1n) is 17.9. The molecule has 1 saturated heterocycles. The topological polar surface area (TPSA) is 174 Å². The summed E-state index contributed by atoms with van der Waals surface area (Å²) in [7, 11) is 0. The molecule has 2 aliphatic rings. The molecule has 1 saturated carbocycles. The smallest absolute Gasteiger partial charge is 0.313 e. The third kappa shape index (κ3) is 10.8. The maximum absolute atomic E-state index is 12.4. The second-order valence-electron chi connectivity index (χ2n) is 14.8. The van der Waals surface area contributed by atoms with Gasteiger partial charge in [0, 0.05) is 56.1 Å². The highest BCUT2D eigenvalue weighted by molar-refractivity contribution is 6.33. The van der Waals surface area contributed by atoms with Crippen molar-refractivity contribution in [2.45, 2.75) is 98.1 Å². The number of aromatic nitrogens is 6. The lowest BCUT2D eigenvalue weighted by molar-refractivity contribution is -0.169. The number of carbonyl (C=O) groups is 1. The zero-order valence-corrected chi connectivity index (χ0v) is 31.1. The summed E-state index contributed by atoms with van der Waals surface area (Å²) < 4.78 is 16.9. The van der Waals surface area contributed by atoms with Crippen molar-refractivity contribution in [2.24, 2.45) is 16.7 Å². The molecule has 3 N–H and O–H groups in total. The van der Waals surface area contributed by atoms with Crippen LogP contribution < -0.4 is 16.0 Å². The van der Waals surface area contributed by atoms with Gasteiger partial charge in [-0.3, -0.25) is 4.79 Å². The predicted octanol–water partition coefficient (Wildman–Crippen LogP) is 5.79. The molecule has 3 aromatic heterocycles. The molecule has 1 aliphatic carbocycles. The molecular formula is C36H51ClN10O4. The van der Waals surface area contributed by atoms with E-state index in [4.69, 9.17) is 30.8 Å². The van der Waals surface area contributed by atoms with Crippen molar-refractivity contribution in [3.8, 4) is 17.3 Å². The summed E-state index contributed by atoms with van der Waals surface area (Å²) >= 11 is 6.60. The van der Waals surface area contributed by atoms with E-state index in [1.165, 1.54) is 4.80 Å². The molecule has 15 heteroatoms. The SMILES string of the molecule is CC(C)[C@H](OC(=O)C(C)(C)C)n1nnc(COCCNC2CCC(Nc3cc(-c4cccc(NCC5(C#N)CCOCC5)n4)c(Cl)cn3)CC2)n1. The second-order valence-corrected chi connectivity index (χ2v) is 15.2. The standard InChI is InChI=1S/C36H51ClN10O4/c1-24(2)33(51-34(48)35(3,4)5)47-45-32(44-46-47)21-50-18-15-39-25-9-11-26(12-10-25)42-31-19-27(28(37)20-40-31)29-7-6-8-30(43-29)41-23-36(22-38)13-16-49-17-14-36/h6-8,19-20,24-26,33,39H,9-18,21,23H2,1-5H3,(H,40,42)(H,41,43)/t25?,26?,33-/m0/s1. The highest BCUT2D eigenvalue weighted by atomic mass is 35.5. The van der Waals surface area contributed by atoms with E-state index in [1.54, 1.807) is 6.20 Å². The number of hydrogen-bond donors (Lipinski definition) is 3. The minimum atomic E-state index is -0.634. The summed E-state index contributed by atoms with van der Waals surface area (Å²) in [5.74, 6) is 1.57. The van der Waals surface area contributed by atoms with Crippen molar-refractivity contribution >= 4 is 29.2 Å². The van der Waals surface area contributed by atoms with Crippen molar-refractivity contribution < 1.29 is 19.0 Å². The van der Waals surface area contributed by atoms with Crippen LogP contribution in [0.3, 0.4) is 0 Å². The van der Waals surface area contributed by atoms with Crippen LogP contribution in [0.1, 0.15) is 85.2 Å². The lowest BCUT2D eigenvalue weighted by Gasteiger charge is -2.30. The van der Waals surface area contributed by atoms with Gasteiger partial charge in [-0.2, -0.15) is 5.26 Å². The van der Waals surface area contributed by atoms with Gasteiger partial charge in [0.25, 0.3) is 0 Å². The summed E-state index contributed by atoms with van der Waals surface area (Å²) in [4.78, 5) is 23.1. The van der Waals surface area contributed by atoms with Crippen LogP contribution in [-0.2, 0) is 25.6 Å². The van der Waals surface area contributed by atoms with Gasteiger partial charge in [0.1, 0.15) is 18.2 Å². The van der Waals surface area contributed by atoms with Gasteiger partial charge in [0.05, 0.1) is 34.2 Å². The molecule has 1 atom stereocenters. The molecule has 5 rings (SSSR count). The maximum Gasteiger partial charge on any atom is 0.313 e. The van der Waals surface area contributed by atoms with Gasteiger partial charge in [-0.15, -0.1) is 15.0 Å². The Kier molecular flexibility index (Phi) is 13.2. The minimum absolute atomic E-state index is 0.0236. The number of nitriles is 1. The summed E-state index contributed by atoms with van der Waals surface area (Å²) in [5, 5.41) is 33.5. The van der Waals surface area contributed by atoms with Crippen LogP contribution in [0.15, 0.2) is 30.5 Å². The number of carbonyl (C=O) groups excluding carboxylic acids is 1. The van der Waals surface area contributed by atoms with Crippen LogP contribution in [0.5, 0.6) is 0 Å². The van der Waals surface area contributed by atoms with E-state index in [0.29, 0.717) is 74.5 Å². The molecule has 0 unspecified atom stereocenters. The van der Waals surface area contributed by atoms with E-state index in [1.807, 2.05) is 58.9 Å². The summed E-state index contributed by atoms with van der Waals surface area (Å²) in [6, 6.07) is 10.9. The first-order valence-corrected chi connectivity index (χ1v) is 18.3. The van der Waals surface area contributed by atoms with Crippen molar-refractivity contribution in [1.82, 2.24) is 35.5 Å². The Morgan fingerprint density at radius 3 is 2.61 bits per heavy atom. The number of nitrogens with one attached hydrogen (secondary N) is 3. The molecule has 4 heterocycles. The molecule has 1 aliphatic heterocycles. The van der Waals surface area contributed by atoms with Crippen LogP contribution in [0.4, 0.5) is 11.6 Å². The highest BCUT2D eigenvalue weighted by Crippen LogP contribution is 2.32. The lowest BCUT2D eigenvalue weighted by atomic mass is 9.82. The van der Waals surface area contributed by atoms with Crippen molar-refractivity contribution in [3.05, 3.63) is 41.3 Å². The van der Waals surface area contributed by atoms with Crippen molar-refractivity contribution in [2.75, 3.05) is 43.5 Å². The Hall–Kier alpha value is -3.90. The van der Waals surface area contributed by atoms with Crippen LogP contribution in [-0.4, -0.2) is 81.1 Å². The number of anilines is 2.